The van der Waals surface area contributed by atoms with E-state index in [2.05, 4.69) is 0 Å². The van der Waals surface area contributed by atoms with E-state index >= 15 is 0 Å². The number of benzene rings is 1. The van der Waals surface area contributed by atoms with Gasteiger partial charge in [-0.05, 0) is 12.5 Å². The summed E-state index contributed by atoms with van der Waals surface area (Å²) in [6.45, 7) is -2.25. The molecule has 0 bridgehead atoms. The summed E-state index contributed by atoms with van der Waals surface area (Å²) in [5, 5.41) is 0. The Hall–Kier alpha value is -0.340. The smallest absolute Gasteiger partial charge is 0.313 e. The molecule has 0 radical (unpaired) electrons. The minimum atomic E-state index is -3.92. The summed E-state index contributed by atoms with van der Waals surface area (Å²) in [7, 11) is 0. The van der Waals surface area contributed by atoms with E-state index < -0.39 is 13.1 Å². The van der Waals surface area contributed by atoms with Gasteiger partial charge in [0.25, 0.3) is 0 Å². The molecule has 2 atom stereocenters. The fraction of sp³-hybridized carbons (Fsp3) is 0.250. The van der Waals surface area contributed by atoms with Crippen LogP contribution in [0.25, 0.3) is 0 Å². The molecule has 0 aliphatic heterocycles. The van der Waals surface area contributed by atoms with E-state index in [0.717, 1.165) is 5.56 Å². The molecule has 0 aromatic heterocycles. The molecule has 72 valence electrons. The Balaban J connectivity index is 2.70. The number of halogens is 1. The Morgan fingerprint density at radius 2 is 2.00 bits per heavy atom. The summed E-state index contributed by atoms with van der Waals surface area (Å²) in [6.07, 6.45) is -0.477. The third-order valence-corrected chi connectivity index (χ3v) is 2.37. The van der Waals surface area contributed by atoms with Gasteiger partial charge < -0.3 is 4.89 Å². The Morgan fingerprint density at radius 1 is 1.46 bits per heavy atom. The Labute approximate surface area is 81.6 Å². The van der Waals surface area contributed by atoms with Crippen LogP contribution in [0.5, 0.6) is 0 Å². The predicted octanol–water partition coefficient (Wildman–Crippen LogP) is 3.10. The second-order valence-corrected chi connectivity index (χ2v) is 5.01. The molecule has 0 heterocycles. The third kappa shape index (κ3) is 3.92. The molecule has 0 fully saturated rings. The van der Waals surface area contributed by atoms with Crippen LogP contribution in [0.3, 0.4) is 0 Å². The molecule has 13 heavy (non-hydrogen) atoms. The van der Waals surface area contributed by atoms with Crippen molar-refractivity contribution in [2.75, 3.05) is 0 Å². The average molecular weight is 221 g/mol. The van der Waals surface area contributed by atoms with E-state index in [-0.39, 0.29) is 0 Å². The lowest BCUT2D eigenvalue weighted by Gasteiger charge is -2.13. The van der Waals surface area contributed by atoms with Crippen molar-refractivity contribution in [2.45, 2.75) is 13.0 Å². The highest BCUT2D eigenvalue weighted by atomic mass is 35.7. The van der Waals surface area contributed by atoms with E-state index in [1.807, 2.05) is 18.2 Å². The van der Waals surface area contributed by atoms with Gasteiger partial charge in [0.05, 0.1) is 6.10 Å². The first-order valence-electron chi connectivity index (χ1n) is 3.75. The van der Waals surface area contributed by atoms with Crippen LogP contribution in [-0.2, 0) is 9.09 Å². The first kappa shape index (κ1) is 10.7. The van der Waals surface area contributed by atoms with E-state index in [1.165, 1.54) is 0 Å². The summed E-state index contributed by atoms with van der Waals surface area (Å²) in [5.74, 6) is 0. The fourth-order valence-electron chi connectivity index (χ4n) is 0.980. The molecular weight excluding hydrogens is 211 g/mol. The summed E-state index contributed by atoms with van der Waals surface area (Å²) >= 11 is 5.07. The molecule has 5 heteroatoms. The van der Waals surface area contributed by atoms with Gasteiger partial charge in [0, 0.05) is 11.2 Å². The van der Waals surface area contributed by atoms with E-state index in [1.54, 1.807) is 19.1 Å². The van der Waals surface area contributed by atoms with Crippen LogP contribution in [0.4, 0.5) is 0 Å². The molecule has 2 unspecified atom stereocenters. The van der Waals surface area contributed by atoms with Crippen LogP contribution in [0.2, 0.25) is 0 Å². The molecule has 0 aliphatic carbocycles. The summed E-state index contributed by atoms with van der Waals surface area (Å²) in [5.41, 5.74) is 0.817. The summed E-state index contributed by atoms with van der Waals surface area (Å²) in [6, 6.07) is 9.11. The second kappa shape index (κ2) is 4.25. The van der Waals surface area contributed by atoms with Crippen LogP contribution in [0.15, 0.2) is 30.3 Å². The minimum absolute atomic E-state index is 0.477. The summed E-state index contributed by atoms with van der Waals surface area (Å²) < 4.78 is 15.4. The molecule has 1 aromatic rings. The van der Waals surface area contributed by atoms with Crippen molar-refractivity contribution in [1.29, 1.82) is 0 Å². The highest BCUT2D eigenvalue weighted by molar-refractivity contribution is 7.80. The molecule has 3 nitrogen and oxygen atoms in total. The number of rotatable bonds is 3. The Kier molecular flexibility index (Phi) is 3.51. The van der Waals surface area contributed by atoms with Gasteiger partial charge >= 0.3 is 6.95 Å². The average Bonchev–Trinajstić information content (AvgIpc) is 2.03. The molecule has 1 rings (SSSR count). The zero-order valence-electron chi connectivity index (χ0n) is 7.05. The SMILES string of the molecule is CC(OP(=O)(O)Cl)c1ccccc1. The Morgan fingerprint density at radius 3 is 2.46 bits per heavy atom. The normalized spacial score (nSPS) is 17.8. The Bertz CT molecular complexity index is 308. The first-order chi connectivity index (χ1) is 5.99. The van der Waals surface area contributed by atoms with E-state index in [4.69, 9.17) is 20.7 Å². The molecule has 1 aromatic carbocycles. The lowest BCUT2D eigenvalue weighted by Crippen LogP contribution is -1.95. The van der Waals surface area contributed by atoms with Gasteiger partial charge in [-0.1, -0.05) is 30.3 Å². The van der Waals surface area contributed by atoms with Crippen molar-refractivity contribution in [3.8, 4) is 0 Å². The third-order valence-electron chi connectivity index (χ3n) is 1.56. The number of hydrogen-bond acceptors (Lipinski definition) is 2. The van der Waals surface area contributed by atoms with Gasteiger partial charge in [-0.3, -0.25) is 4.52 Å². The minimum Gasteiger partial charge on any atom is -0.313 e. The predicted molar refractivity (Wildman–Crippen MR) is 51.6 cm³/mol. The van der Waals surface area contributed by atoms with Gasteiger partial charge in [0.2, 0.25) is 0 Å². The summed E-state index contributed by atoms with van der Waals surface area (Å²) in [4.78, 5) is 8.75. The molecule has 1 N–H and O–H groups in total. The van der Waals surface area contributed by atoms with E-state index in [0.29, 0.717) is 0 Å². The number of hydrogen-bond donors (Lipinski definition) is 1. The van der Waals surface area contributed by atoms with Crippen LogP contribution in [0, 0.1) is 0 Å². The maximum Gasteiger partial charge on any atom is 0.422 e. The van der Waals surface area contributed by atoms with Gasteiger partial charge in [-0.25, -0.2) is 4.57 Å². The topological polar surface area (TPSA) is 46.5 Å². The fourth-order valence-corrected chi connectivity index (χ4v) is 1.85. The molecule has 0 saturated carbocycles. The standard InChI is InChI=1S/C8H10ClO3P/c1-7(12-13(9,10)11)8-5-3-2-4-6-8/h2-7H,1H3,(H,10,11). The highest BCUT2D eigenvalue weighted by Crippen LogP contribution is 2.51. The molecule has 0 aliphatic rings. The van der Waals surface area contributed by atoms with Gasteiger partial charge in [-0.2, -0.15) is 0 Å². The van der Waals surface area contributed by atoms with Crippen molar-refractivity contribution in [3.05, 3.63) is 35.9 Å². The molecular formula is C8H10ClO3P. The van der Waals surface area contributed by atoms with Crippen molar-refractivity contribution >= 4 is 18.2 Å². The maximum atomic E-state index is 10.7. The van der Waals surface area contributed by atoms with Gasteiger partial charge in [0.1, 0.15) is 0 Å². The van der Waals surface area contributed by atoms with Crippen LogP contribution in [-0.4, -0.2) is 4.89 Å². The zero-order valence-corrected chi connectivity index (χ0v) is 8.70. The highest BCUT2D eigenvalue weighted by Gasteiger charge is 2.19. The molecule has 0 saturated heterocycles. The zero-order chi connectivity index (χ0) is 9.90. The maximum absolute atomic E-state index is 10.7. The largest absolute Gasteiger partial charge is 0.422 e. The van der Waals surface area contributed by atoms with Gasteiger partial charge in [0.15, 0.2) is 0 Å². The van der Waals surface area contributed by atoms with Crippen molar-refractivity contribution < 1.29 is 14.0 Å². The van der Waals surface area contributed by atoms with Gasteiger partial charge in [-0.15, -0.1) is 0 Å². The van der Waals surface area contributed by atoms with Crippen LogP contribution < -0.4 is 0 Å². The lowest BCUT2D eigenvalue weighted by molar-refractivity contribution is 0.203. The second-order valence-electron chi connectivity index (χ2n) is 2.61. The van der Waals surface area contributed by atoms with E-state index in [9.17, 15) is 4.57 Å². The molecule has 0 amide bonds. The van der Waals surface area contributed by atoms with Crippen LogP contribution in [0.1, 0.15) is 18.6 Å². The quantitative estimate of drug-likeness (QED) is 0.797. The lowest BCUT2D eigenvalue weighted by atomic mass is 10.1. The molecule has 0 spiro atoms. The van der Waals surface area contributed by atoms with Crippen molar-refractivity contribution in [3.63, 3.8) is 0 Å². The monoisotopic (exact) mass is 220 g/mol. The van der Waals surface area contributed by atoms with Crippen LogP contribution >= 0.6 is 18.2 Å². The first-order valence-corrected chi connectivity index (χ1v) is 6.23. The van der Waals surface area contributed by atoms with Crippen molar-refractivity contribution in [1.82, 2.24) is 0 Å². The van der Waals surface area contributed by atoms with Crippen molar-refractivity contribution in [2.24, 2.45) is 0 Å².